The van der Waals surface area contributed by atoms with Gasteiger partial charge in [0.15, 0.2) is 0 Å². The Labute approximate surface area is 112 Å². The molecule has 3 nitrogen and oxygen atoms in total. The van der Waals surface area contributed by atoms with Crippen molar-refractivity contribution in [2.75, 3.05) is 5.73 Å². The number of hydrogen-bond donors (Lipinski definition) is 2. The third kappa shape index (κ3) is 2.71. The van der Waals surface area contributed by atoms with Crippen LogP contribution in [0.15, 0.2) is 29.8 Å². The van der Waals surface area contributed by atoms with E-state index in [1.807, 2.05) is 23.7 Å². The first-order valence-electron chi connectivity index (χ1n) is 5.99. The fraction of sp³-hybridized carbons (Fsp3) is 0.357. The number of anilines is 1. The minimum absolute atomic E-state index is 0.120. The van der Waals surface area contributed by atoms with Gasteiger partial charge in [-0.1, -0.05) is 12.1 Å². The standard InChI is InChI=1S/C14H19N3S/c1-10-11(5-4-6-12(10)15)9-17-14(2,3)13-16-7-8-18-13/h4-8,17H,9,15H2,1-3H3. The molecule has 0 saturated heterocycles. The molecule has 1 heterocycles. The predicted molar refractivity (Wildman–Crippen MR) is 77.6 cm³/mol. The van der Waals surface area contributed by atoms with E-state index in [2.05, 4.69) is 37.1 Å². The average molecular weight is 261 g/mol. The number of nitrogens with two attached hydrogens (primary N) is 1. The van der Waals surface area contributed by atoms with Crippen molar-refractivity contribution in [3.05, 3.63) is 45.9 Å². The minimum atomic E-state index is -0.120. The van der Waals surface area contributed by atoms with Gasteiger partial charge in [0.05, 0.1) is 5.54 Å². The van der Waals surface area contributed by atoms with Gasteiger partial charge in [-0.3, -0.25) is 0 Å². The van der Waals surface area contributed by atoms with Crippen molar-refractivity contribution in [1.29, 1.82) is 0 Å². The smallest absolute Gasteiger partial charge is 0.112 e. The van der Waals surface area contributed by atoms with Gasteiger partial charge in [-0.2, -0.15) is 0 Å². The number of benzene rings is 1. The molecule has 96 valence electrons. The average Bonchev–Trinajstić information content (AvgIpc) is 2.85. The van der Waals surface area contributed by atoms with Crippen LogP contribution in [-0.4, -0.2) is 4.98 Å². The lowest BCUT2D eigenvalue weighted by Crippen LogP contribution is -2.36. The molecule has 0 saturated carbocycles. The SMILES string of the molecule is Cc1c(N)cccc1CNC(C)(C)c1nccs1. The zero-order valence-electron chi connectivity index (χ0n) is 11.0. The predicted octanol–water partition coefficient (Wildman–Crippen LogP) is 3.06. The molecule has 0 atom stereocenters. The highest BCUT2D eigenvalue weighted by Crippen LogP contribution is 2.23. The summed E-state index contributed by atoms with van der Waals surface area (Å²) in [6.45, 7) is 7.15. The van der Waals surface area contributed by atoms with Crippen molar-refractivity contribution in [2.45, 2.75) is 32.9 Å². The van der Waals surface area contributed by atoms with Gasteiger partial charge in [0.1, 0.15) is 5.01 Å². The van der Waals surface area contributed by atoms with E-state index in [1.165, 1.54) is 5.56 Å². The Morgan fingerprint density at radius 3 is 2.83 bits per heavy atom. The molecule has 0 unspecified atom stereocenters. The lowest BCUT2D eigenvalue weighted by Gasteiger charge is -2.24. The number of thiazole rings is 1. The number of aromatic nitrogens is 1. The Morgan fingerprint density at radius 1 is 1.39 bits per heavy atom. The van der Waals surface area contributed by atoms with E-state index in [-0.39, 0.29) is 5.54 Å². The van der Waals surface area contributed by atoms with E-state index >= 15 is 0 Å². The van der Waals surface area contributed by atoms with Crippen LogP contribution in [-0.2, 0) is 12.1 Å². The molecule has 0 fully saturated rings. The normalized spacial score (nSPS) is 11.7. The maximum absolute atomic E-state index is 5.92. The van der Waals surface area contributed by atoms with E-state index in [0.29, 0.717) is 0 Å². The summed E-state index contributed by atoms with van der Waals surface area (Å²) in [6, 6.07) is 6.04. The molecule has 0 amide bonds. The van der Waals surface area contributed by atoms with Gasteiger partial charge in [-0.15, -0.1) is 11.3 Å². The van der Waals surface area contributed by atoms with Crippen LogP contribution in [0.3, 0.4) is 0 Å². The number of nitrogens with zero attached hydrogens (tertiary/aromatic N) is 1. The van der Waals surface area contributed by atoms with Gasteiger partial charge in [-0.05, 0) is 38.0 Å². The number of nitrogens with one attached hydrogen (secondary N) is 1. The van der Waals surface area contributed by atoms with Crippen LogP contribution in [0.5, 0.6) is 0 Å². The topological polar surface area (TPSA) is 50.9 Å². The van der Waals surface area contributed by atoms with Crippen molar-refractivity contribution in [3.8, 4) is 0 Å². The summed E-state index contributed by atoms with van der Waals surface area (Å²) in [6.07, 6.45) is 1.84. The first kappa shape index (κ1) is 13.1. The summed E-state index contributed by atoms with van der Waals surface area (Å²) >= 11 is 1.67. The van der Waals surface area contributed by atoms with Crippen LogP contribution >= 0.6 is 11.3 Å². The summed E-state index contributed by atoms with van der Waals surface area (Å²) in [7, 11) is 0. The summed E-state index contributed by atoms with van der Waals surface area (Å²) in [5.74, 6) is 0. The second-order valence-electron chi connectivity index (χ2n) is 4.95. The Bertz CT molecular complexity index is 518. The highest BCUT2D eigenvalue weighted by molar-refractivity contribution is 7.09. The van der Waals surface area contributed by atoms with Gasteiger partial charge >= 0.3 is 0 Å². The Hall–Kier alpha value is -1.39. The third-order valence-electron chi connectivity index (χ3n) is 3.18. The van der Waals surface area contributed by atoms with Gasteiger partial charge in [-0.25, -0.2) is 4.98 Å². The van der Waals surface area contributed by atoms with Crippen molar-refractivity contribution in [3.63, 3.8) is 0 Å². The van der Waals surface area contributed by atoms with Crippen molar-refractivity contribution >= 4 is 17.0 Å². The summed E-state index contributed by atoms with van der Waals surface area (Å²) in [4.78, 5) is 4.37. The molecular weight excluding hydrogens is 242 g/mol. The molecule has 0 aliphatic carbocycles. The van der Waals surface area contributed by atoms with Crippen LogP contribution in [0.4, 0.5) is 5.69 Å². The van der Waals surface area contributed by atoms with Crippen LogP contribution in [0, 0.1) is 6.92 Å². The van der Waals surface area contributed by atoms with Crippen LogP contribution in [0.25, 0.3) is 0 Å². The van der Waals surface area contributed by atoms with E-state index in [0.717, 1.165) is 22.8 Å². The third-order valence-corrected chi connectivity index (χ3v) is 4.27. The van der Waals surface area contributed by atoms with E-state index in [1.54, 1.807) is 11.3 Å². The minimum Gasteiger partial charge on any atom is -0.399 e. The molecule has 3 N–H and O–H groups in total. The highest BCUT2D eigenvalue weighted by Gasteiger charge is 2.22. The molecule has 1 aromatic carbocycles. The molecule has 0 spiro atoms. The molecule has 0 bridgehead atoms. The monoisotopic (exact) mass is 261 g/mol. The van der Waals surface area contributed by atoms with Gasteiger partial charge < -0.3 is 11.1 Å². The van der Waals surface area contributed by atoms with E-state index < -0.39 is 0 Å². The Kier molecular flexibility index (Phi) is 3.68. The van der Waals surface area contributed by atoms with Crippen LogP contribution in [0.1, 0.15) is 30.0 Å². The fourth-order valence-electron chi connectivity index (χ4n) is 1.82. The number of rotatable bonds is 4. The fourth-order valence-corrected chi connectivity index (χ4v) is 2.56. The first-order chi connectivity index (χ1) is 8.50. The second kappa shape index (κ2) is 5.08. The molecule has 0 radical (unpaired) electrons. The molecule has 2 aromatic rings. The molecule has 1 aromatic heterocycles. The number of nitrogen functional groups attached to an aromatic ring is 1. The van der Waals surface area contributed by atoms with Crippen LogP contribution in [0.2, 0.25) is 0 Å². The van der Waals surface area contributed by atoms with E-state index in [4.69, 9.17) is 5.73 Å². The van der Waals surface area contributed by atoms with Crippen molar-refractivity contribution in [1.82, 2.24) is 10.3 Å². The molecule has 4 heteroatoms. The zero-order valence-corrected chi connectivity index (χ0v) is 11.8. The van der Waals surface area contributed by atoms with Crippen molar-refractivity contribution < 1.29 is 0 Å². The highest BCUT2D eigenvalue weighted by atomic mass is 32.1. The molecular formula is C14H19N3S. The van der Waals surface area contributed by atoms with Crippen molar-refractivity contribution in [2.24, 2.45) is 0 Å². The van der Waals surface area contributed by atoms with Gasteiger partial charge in [0.25, 0.3) is 0 Å². The summed E-state index contributed by atoms with van der Waals surface area (Å²) < 4.78 is 0. The molecule has 0 aliphatic heterocycles. The molecule has 2 rings (SSSR count). The van der Waals surface area contributed by atoms with E-state index in [9.17, 15) is 0 Å². The summed E-state index contributed by atoms with van der Waals surface area (Å²) in [5.41, 5.74) is 9.03. The number of hydrogen-bond acceptors (Lipinski definition) is 4. The van der Waals surface area contributed by atoms with Gasteiger partial charge in [0, 0.05) is 23.8 Å². The Balaban J connectivity index is 2.10. The first-order valence-corrected chi connectivity index (χ1v) is 6.87. The summed E-state index contributed by atoms with van der Waals surface area (Å²) in [5, 5.41) is 6.64. The maximum Gasteiger partial charge on any atom is 0.112 e. The lowest BCUT2D eigenvalue weighted by molar-refractivity contribution is 0.399. The maximum atomic E-state index is 5.92. The lowest BCUT2D eigenvalue weighted by atomic mass is 10.0. The quantitative estimate of drug-likeness (QED) is 0.832. The second-order valence-corrected chi connectivity index (χ2v) is 5.84. The molecule has 18 heavy (non-hydrogen) atoms. The zero-order chi connectivity index (χ0) is 13.2. The largest absolute Gasteiger partial charge is 0.399 e. The molecule has 0 aliphatic rings. The van der Waals surface area contributed by atoms with Crippen LogP contribution < -0.4 is 11.1 Å². The Morgan fingerprint density at radius 2 is 2.17 bits per heavy atom. The van der Waals surface area contributed by atoms with Gasteiger partial charge in [0.2, 0.25) is 0 Å².